The van der Waals surface area contributed by atoms with Gasteiger partial charge in [0.25, 0.3) is 10.9 Å². The molecule has 0 saturated heterocycles. The van der Waals surface area contributed by atoms with Crippen LogP contribution in [-0.2, 0) is 6.54 Å². The Morgan fingerprint density at radius 3 is 2.59 bits per heavy atom. The van der Waals surface area contributed by atoms with Gasteiger partial charge in [-0.05, 0) is 41.9 Å². The number of para-hydroxylation sites is 1. The molecule has 0 radical (unpaired) electrons. The summed E-state index contributed by atoms with van der Waals surface area (Å²) in [5.74, 6) is 0.00588. The Hall–Kier alpha value is -2.34. The number of nitrogen functional groups attached to an aromatic ring is 1. The van der Waals surface area contributed by atoms with Crippen LogP contribution in [0.4, 0.5) is 17.1 Å². The summed E-state index contributed by atoms with van der Waals surface area (Å²) in [5.41, 5.74) is 8.40. The number of likely N-dealkylation sites (N-methyl/N-ethyl adjacent to an activating group) is 1. The van der Waals surface area contributed by atoms with E-state index >= 15 is 0 Å². The summed E-state index contributed by atoms with van der Waals surface area (Å²) < 4.78 is 0. The number of anilines is 3. The number of hydrogen-bond acceptors (Lipinski definition) is 5. The van der Waals surface area contributed by atoms with E-state index in [-0.39, 0.29) is 17.3 Å². The van der Waals surface area contributed by atoms with Gasteiger partial charge in [0, 0.05) is 34.7 Å². The van der Waals surface area contributed by atoms with Crippen molar-refractivity contribution in [1.29, 1.82) is 0 Å². The topological polar surface area (TPSA) is 75.4 Å². The largest absolute Gasteiger partial charge is 0.394 e. The maximum absolute atomic E-state index is 11.8. The number of rotatable bonds is 3. The van der Waals surface area contributed by atoms with Crippen LogP contribution in [0.1, 0.15) is 22.6 Å². The van der Waals surface area contributed by atoms with Crippen LogP contribution < -0.4 is 21.9 Å². The number of fused-ring (bicyclic) bond motifs is 1. The highest BCUT2D eigenvalue weighted by molar-refractivity contribution is 6.35. The Labute approximate surface area is 166 Å². The fourth-order valence-electron chi connectivity index (χ4n) is 3.69. The first kappa shape index (κ1) is 18.0. The lowest BCUT2D eigenvalue weighted by molar-refractivity contribution is 0.295. The van der Waals surface area contributed by atoms with Gasteiger partial charge in [0.2, 0.25) is 0 Å². The second-order valence-corrected chi connectivity index (χ2v) is 7.71. The molecular formula is C20H17Cl2N3O2. The Bertz CT molecular complexity index is 1120. The third-order valence-corrected chi connectivity index (χ3v) is 5.59. The standard InChI is InChI=1S/C20H17Cl2N3O2/c1-25-8-13(12-6-10(21)7-15(22)14(12)9-25)11-4-2-3-5-16(11)24-18-17(23)19(26)20(18)27/h2-7,13,24H,8-9,23H2,1H3/t13-/m0/s1. The number of benzene rings is 2. The van der Waals surface area contributed by atoms with Crippen molar-refractivity contribution < 1.29 is 0 Å². The van der Waals surface area contributed by atoms with E-state index in [1.165, 1.54) is 0 Å². The molecule has 0 aromatic heterocycles. The molecule has 138 valence electrons. The third-order valence-electron chi connectivity index (χ3n) is 5.04. The molecule has 0 aliphatic carbocycles. The van der Waals surface area contributed by atoms with Gasteiger partial charge >= 0.3 is 0 Å². The molecule has 0 unspecified atom stereocenters. The molecule has 3 N–H and O–H groups in total. The average molecular weight is 402 g/mol. The van der Waals surface area contributed by atoms with Crippen LogP contribution in [0.3, 0.4) is 0 Å². The fourth-order valence-corrected chi connectivity index (χ4v) is 4.26. The van der Waals surface area contributed by atoms with Gasteiger partial charge in [0.05, 0.1) is 0 Å². The van der Waals surface area contributed by atoms with Gasteiger partial charge in [-0.25, -0.2) is 0 Å². The van der Waals surface area contributed by atoms with Crippen LogP contribution in [0, 0.1) is 0 Å². The van der Waals surface area contributed by atoms with Crippen LogP contribution in [0.2, 0.25) is 10.0 Å². The molecule has 0 amide bonds. The lowest BCUT2D eigenvalue weighted by Gasteiger charge is -2.34. The van der Waals surface area contributed by atoms with E-state index in [1.54, 1.807) is 6.07 Å². The van der Waals surface area contributed by atoms with Crippen molar-refractivity contribution >= 4 is 40.3 Å². The molecule has 1 aliphatic rings. The average Bonchev–Trinajstić information content (AvgIpc) is 2.65. The molecule has 27 heavy (non-hydrogen) atoms. The highest BCUT2D eigenvalue weighted by atomic mass is 35.5. The second-order valence-electron chi connectivity index (χ2n) is 6.86. The summed E-state index contributed by atoms with van der Waals surface area (Å²) in [7, 11) is 2.03. The molecule has 1 atom stereocenters. The molecule has 7 heteroatoms. The maximum atomic E-state index is 11.8. The second kappa shape index (κ2) is 6.68. The van der Waals surface area contributed by atoms with Gasteiger partial charge in [0.15, 0.2) is 0 Å². The minimum atomic E-state index is -0.642. The van der Waals surface area contributed by atoms with Crippen molar-refractivity contribution in [3.8, 4) is 0 Å². The van der Waals surface area contributed by atoms with Crippen molar-refractivity contribution in [2.75, 3.05) is 24.6 Å². The van der Waals surface area contributed by atoms with Gasteiger partial charge in [-0.1, -0.05) is 41.4 Å². The summed E-state index contributed by atoms with van der Waals surface area (Å²) >= 11 is 12.7. The van der Waals surface area contributed by atoms with Crippen LogP contribution in [-0.4, -0.2) is 18.5 Å². The van der Waals surface area contributed by atoms with Gasteiger partial charge in [-0.3, -0.25) is 9.59 Å². The highest BCUT2D eigenvalue weighted by Gasteiger charge is 2.29. The third kappa shape index (κ3) is 3.02. The smallest absolute Gasteiger partial charge is 0.253 e. The zero-order chi connectivity index (χ0) is 19.3. The van der Waals surface area contributed by atoms with Gasteiger partial charge in [-0.2, -0.15) is 0 Å². The number of nitrogens with two attached hydrogens (primary N) is 1. The zero-order valence-corrected chi connectivity index (χ0v) is 16.1. The predicted octanol–water partition coefficient (Wildman–Crippen LogP) is 3.49. The molecule has 0 saturated carbocycles. The van der Waals surface area contributed by atoms with E-state index in [1.807, 2.05) is 37.4 Å². The van der Waals surface area contributed by atoms with E-state index in [0.717, 1.165) is 35.5 Å². The fraction of sp³-hybridized carbons (Fsp3) is 0.200. The lowest BCUT2D eigenvalue weighted by atomic mass is 9.84. The van der Waals surface area contributed by atoms with Crippen molar-refractivity contribution in [3.63, 3.8) is 0 Å². The van der Waals surface area contributed by atoms with E-state index in [2.05, 4.69) is 10.2 Å². The maximum Gasteiger partial charge on any atom is 0.253 e. The molecule has 3 aromatic rings. The first-order chi connectivity index (χ1) is 12.9. The summed E-state index contributed by atoms with van der Waals surface area (Å²) in [6.07, 6.45) is 0. The lowest BCUT2D eigenvalue weighted by Crippen LogP contribution is -2.36. The highest BCUT2D eigenvalue weighted by Crippen LogP contribution is 2.41. The van der Waals surface area contributed by atoms with E-state index in [0.29, 0.717) is 10.0 Å². The minimum absolute atomic E-state index is 0.00588. The number of hydrogen-bond donors (Lipinski definition) is 2. The van der Waals surface area contributed by atoms with Gasteiger partial charge in [0.1, 0.15) is 11.4 Å². The van der Waals surface area contributed by atoms with Crippen LogP contribution in [0.25, 0.3) is 0 Å². The Balaban J connectivity index is 1.82. The molecule has 0 spiro atoms. The Morgan fingerprint density at radius 2 is 1.85 bits per heavy atom. The van der Waals surface area contributed by atoms with Crippen LogP contribution in [0.15, 0.2) is 46.0 Å². The SMILES string of the molecule is CN1Cc2c(Cl)cc(Cl)cc2[C@H](c2ccccc2Nc2c(N)c(=O)c2=O)C1. The van der Waals surface area contributed by atoms with E-state index in [4.69, 9.17) is 28.9 Å². The van der Waals surface area contributed by atoms with Crippen molar-refractivity contribution in [2.24, 2.45) is 0 Å². The number of nitrogens with zero attached hydrogens (tertiary/aromatic N) is 1. The van der Waals surface area contributed by atoms with Gasteiger partial charge < -0.3 is 16.0 Å². The molecule has 1 aliphatic heterocycles. The molecular weight excluding hydrogens is 385 g/mol. The molecule has 1 heterocycles. The van der Waals surface area contributed by atoms with E-state index in [9.17, 15) is 9.59 Å². The van der Waals surface area contributed by atoms with Crippen LogP contribution in [0.5, 0.6) is 0 Å². The minimum Gasteiger partial charge on any atom is -0.394 e. The summed E-state index contributed by atoms with van der Waals surface area (Å²) in [4.78, 5) is 25.4. The molecule has 0 fully saturated rings. The summed E-state index contributed by atoms with van der Waals surface area (Å²) in [5, 5.41) is 4.28. The number of nitrogens with one attached hydrogen (secondary N) is 1. The first-order valence-corrected chi connectivity index (χ1v) is 9.23. The predicted molar refractivity (Wildman–Crippen MR) is 110 cm³/mol. The quantitative estimate of drug-likeness (QED) is 0.656. The monoisotopic (exact) mass is 401 g/mol. The van der Waals surface area contributed by atoms with E-state index < -0.39 is 10.9 Å². The van der Waals surface area contributed by atoms with Crippen molar-refractivity contribution in [1.82, 2.24) is 4.90 Å². The summed E-state index contributed by atoms with van der Waals surface area (Å²) in [6, 6.07) is 11.4. The van der Waals surface area contributed by atoms with Gasteiger partial charge in [-0.15, -0.1) is 0 Å². The molecule has 4 rings (SSSR count). The van der Waals surface area contributed by atoms with Crippen molar-refractivity contribution in [2.45, 2.75) is 12.5 Å². The first-order valence-electron chi connectivity index (χ1n) is 8.48. The Morgan fingerprint density at radius 1 is 1.11 bits per heavy atom. The normalized spacial score (nSPS) is 17.1. The molecule has 3 aromatic carbocycles. The molecule has 0 bridgehead atoms. The Kier molecular flexibility index (Phi) is 4.46. The van der Waals surface area contributed by atoms with Crippen LogP contribution >= 0.6 is 23.2 Å². The number of halogens is 2. The summed E-state index contributed by atoms with van der Waals surface area (Å²) in [6.45, 7) is 1.51. The zero-order valence-electron chi connectivity index (χ0n) is 14.6. The van der Waals surface area contributed by atoms with Crippen molar-refractivity contribution in [3.05, 3.63) is 83.6 Å². The molecule has 5 nitrogen and oxygen atoms in total.